The molecule has 5 heteroatoms. The lowest BCUT2D eigenvalue weighted by molar-refractivity contribution is 0.0999. The van der Waals surface area contributed by atoms with E-state index in [1.807, 2.05) is 6.07 Å². The lowest BCUT2D eigenvalue weighted by Gasteiger charge is -2.03. The predicted octanol–water partition coefficient (Wildman–Crippen LogP) is 0.773. The number of pyridine rings is 1. The van der Waals surface area contributed by atoms with Crippen molar-refractivity contribution in [2.24, 2.45) is 5.73 Å². The van der Waals surface area contributed by atoms with Crippen molar-refractivity contribution < 1.29 is 9.53 Å². The molecule has 2 aromatic rings. The number of nitrogens with two attached hydrogens (primary N) is 1. The van der Waals surface area contributed by atoms with Crippen molar-refractivity contribution in [3.63, 3.8) is 0 Å². The van der Waals surface area contributed by atoms with Crippen LogP contribution in [0.25, 0.3) is 10.9 Å². The van der Waals surface area contributed by atoms with Crippen LogP contribution >= 0.6 is 0 Å². The number of nitrogens with one attached hydrogen (secondary N) is 1. The van der Waals surface area contributed by atoms with Crippen LogP contribution in [0.5, 0.6) is 0 Å². The maximum atomic E-state index is 12.0. The molecule has 0 aliphatic heterocycles. The fourth-order valence-electron chi connectivity index (χ4n) is 1.71. The zero-order valence-corrected chi connectivity index (χ0v) is 9.32. The zero-order valence-electron chi connectivity index (χ0n) is 9.32. The van der Waals surface area contributed by atoms with Gasteiger partial charge in [0, 0.05) is 24.2 Å². The highest BCUT2D eigenvalue weighted by molar-refractivity contribution is 5.96. The van der Waals surface area contributed by atoms with Crippen LogP contribution in [0.3, 0.4) is 0 Å². The third-order valence-corrected chi connectivity index (χ3v) is 2.52. The molecule has 0 fully saturated rings. The number of aromatic nitrogens is 1. The van der Waals surface area contributed by atoms with Gasteiger partial charge in [0.1, 0.15) is 5.56 Å². The summed E-state index contributed by atoms with van der Waals surface area (Å²) < 4.78 is 4.99. The van der Waals surface area contributed by atoms with Gasteiger partial charge in [0.2, 0.25) is 5.43 Å². The quantitative estimate of drug-likeness (QED) is 0.819. The lowest BCUT2D eigenvalue weighted by atomic mass is 10.1. The van der Waals surface area contributed by atoms with E-state index in [2.05, 4.69) is 4.98 Å². The number of primary amides is 1. The van der Waals surface area contributed by atoms with Crippen LogP contribution in [0, 0.1) is 0 Å². The van der Waals surface area contributed by atoms with Crippen molar-refractivity contribution >= 4 is 16.8 Å². The largest absolute Gasteiger partial charge is 0.380 e. The molecule has 1 heterocycles. The summed E-state index contributed by atoms with van der Waals surface area (Å²) in [7, 11) is 1.58. The van der Waals surface area contributed by atoms with Gasteiger partial charge in [0.15, 0.2) is 0 Å². The van der Waals surface area contributed by atoms with E-state index in [1.54, 1.807) is 19.2 Å². The minimum absolute atomic E-state index is 0.0351. The number of ether oxygens (including phenoxy) is 1. The Morgan fingerprint density at radius 2 is 2.24 bits per heavy atom. The Kier molecular flexibility index (Phi) is 2.93. The topological polar surface area (TPSA) is 85.2 Å². The number of rotatable bonds is 3. The highest BCUT2D eigenvalue weighted by Crippen LogP contribution is 2.11. The number of benzene rings is 1. The molecule has 1 aromatic heterocycles. The van der Waals surface area contributed by atoms with Crippen LogP contribution in [-0.2, 0) is 11.3 Å². The number of carbonyl (C=O) groups is 1. The molecule has 2 rings (SSSR count). The molecule has 0 radical (unpaired) electrons. The van der Waals surface area contributed by atoms with Gasteiger partial charge in [0.25, 0.3) is 5.91 Å². The average Bonchev–Trinajstić information content (AvgIpc) is 2.30. The second-order valence-electron chi connectivity index (χ2n) is 3.71. The van der Waals surface area contributed by atoms with Gasteiger partial charge in [0.05, 0.1) is 6.61 Å². The Balaban J connectivity index is 2.69. The van der Waals surface area contributed by atoms with Crippen LogP contribution in [0.2, 0.25) is 0 Å². The molecule has 1 amide bonds. The van der Waals surface area contributed by atoms with Crippen LogP contribution in [0.15, 0.2) is 29.2 Å². The van der Waals surface area contributed by atoms with Gasteiger partial charge in [-0.1, -0.05) is 6.07 Å². The van der Waals surface area contributed by atoms with E-state index >= 15 is 0 Å². The Morgan fingerprint density at radius 1 is 1.47 bits per heavy atom. The highest BCUT2D eigenvalue weighted by Gasteiger charge is 2.09. The fourth-order valence-corrected chi connectivity index (χ4v) is 1.71. The molecule has 5 nitrogen and oxygen atoms in total. The first-order chi connectivity index (χ1) is 8.13. The van der Waals surface area contributed by atoms with Gasteiger partial charge in [-0.05, 0) is 17.7 Å². The summed E-state index contributed by atoms with van der Waals surface area (Å²) in [5.41, 5.74) is 6.26. The minimum atomic E-state index is -0.731. The van der Waals surface area contributed by atoms with E-state index in [4.69, 9.17) is 10.5 Å². The van der Waals surface area contributed by atoms with E-state index in [9.17, 15) is 9.59 Å². The number of carbonyl (C=O) groups excluding carboxylic acids is 1. The average molecular weight is 232 g/mol. The molecule has 0 bridgehead atoms. The van der Waals surface area contributed by atoms with E-state index in [1.165, 1.54) is 6.20 Å². The summed E-state index contributed by atoms with van der Waals surface area (Å²) in [4.78, 5) is 25.9. The highest BCUT2D eigenvalue weighted by atomic mass is 16.5. The van der Waals surface area contributed by atoms with Crippen molar-refractivity contribution in [1.29, 1.82) is 0 Å². The number of hydrogen-bond donors (Lipinski definition) is 2. The van der Waals surface area contributed by atoms with Gasteiger partial charge in [-0.25, -0.2) is 0 Å². The first-order valence-electron chi connectivity index (χ1n) is 5.06. The number of amides is 1. The Morgan fingerprint density at radius 3 is 2.88 bits per heavy atom. The standard InChI is InChI=1S/C12H12N2O3/c1-17-6-7-2-3-10-8(4-7)11(15)9(5-14-10)12(13)16/h2-5H,6H2,1H3,(H2,13,16)(H,14,15). The minimum Gasteiger partial charge on any atom is -0.380 e. The van der Waals surface area contributed by atoms with Gasteiger partial charge >= 0.3 is 0 Å². The molecule has 0 saturated heterocycles. The summed E-state index contributed by atoms with van der Waals surface area (Å²) in [5.74, 6) is -0.731. The molecule has 3 N–H and O–H groups in total. The second-order valence-corrected chi connectivity index (χ2v) is 3.71. The molecular formula is C12H12N2O3. The number of H-pyrrole nitrogens is 1. The number of aromatic amines is 1. The molecule has 88 valence electrons. The summed E-state index contributed by atoms with van der Waals surface area (Å²) in [6.07, 6.45) is 1.34. The van der Waals surface area contributed by atoms with Crippen LogP contribution in [-0.4, -0.2) is 18.0 Å². The Bertz CT molecular complexity index is 631. The monoisotopic (exact) mass is 232 g/mol. The lowest BCUT2D eigenvalue weighted by Crippen LogP contribution is -2.22. The molecule has 0 spiro atoms. The fraction of sp³-hybridized carbons (Fsp3) is 0.167. The van der Waals surface area contributed by atoms with Crippen molar-refractivity contribution in [2.45, 2.75) is 6.61 Å². The van der Waals surface area contributed by atoms with Crippen molar-refractivity contribution in [1.82, 2.24) is 4.98 Å². The first-order valence-corrected chi connectivity index (χ1v) is 5.06. The molecule has 17 heavy (non-hydrogen) atoms. The summed E-state index contributed by atoms with van der Waals surface area (Å²) >= 11 is 0. The molecule has 0 saturated carbocycles. The van der Waals surface area contributed by atoms with Gasteiger partial charge < -0.3 is 15.5 Å². The molecule has 0 aliphatic carbocycles. The smallest absolute Gasteiger partial charge is 0.254 e. The van der Waals surface area contributed by atoms with Crippen LogP contribution in [0.4, 0.5) is 0 Å². The SMILES string of the molecule is COCc1ccc2[nH]cc(C(N)=O)c(=O)c2c1. The van der Waals surface area contributed by atoms with E-state index < -0.39 is 5.91 Å². The molecule has 0 aliphatic rings. The van der Waals surface area contributed by atoms with Crippen LogP contribution in [0.1, 0.15) is 15.9 Å². The first kappa shape index (κ1) is 11.3. The van der Waals surface area contributed by atoms with E-state index in [0.29, 0.717) is 17.5 Å². The molecule has 0 atom stereocenters. The zero-order chi connectivity index (χ0) is 12.4. The third kappa shape index (κ3) is 2.05. The van der Waals surface area contributed by atoms with Crippen molar-refractivity contribution in [3.05, 3.63) is 45.7 Å². The second kappa shape index (κ2) is 4.39. The maximum absolute atomic E-state index is 12.0. The van der Waals surface area contributed by atoms with Crippen molar-refractivity contribution in [3.8, 4) is 0 Å². The third-order valence-electron chi connectivity index (χ3n) is 2.52. The summed E-state index contributed by atoms with van der Waals surface area (Å²) in [6, 6.07) is 5.33. The van der Waals surface area contributed by atoms with Crippen molar-refractivity contribution in [2.75, 3.05) is 7.11 Å². The van der Waals surface area contributed by atoms with Crippen LogP contribution < -0.4 is 11.2 Å². The van der Waals surface area contributed by atoms with Gasteiger partial charge in [-0.3, -0.25) is 9.59 Å². The Labute approximate surface area is 97.2 Å². The van der Waals surface area contributed by atoms with E-state index in [0.717, 1.165) is 5.56 Å². The number of hydrogen-bond acceptors (Lipinski definition) is 3. The Hall–Kier alpha value is -2.14. The normalized spacial score (nSPS) is 10.6. The van der Waals surface area contributed by atoms with E-state index in [-0.39, 0.29) is 11.0 Å². The molecule has 0 unspecified atom stereocenters. The predicted molar refractivity (Wildman–Crippen MR) is 63.8 cm³/mol. The van der Waals surface area contributed by atoms with Gasteiger partial charge in [-0.15, -0.1) is 0 Å². The number of fused-ring (bicyclic) bond motifs is 1. The summed E-state index contributed by atoms with van der Waals surface area (Å²) in [6.45, 7) is 0.413. The summed E-state index contributed by atoms with van der Waals surface area (Å²) in [5, 5.41) is 0.441. The molecular weight excluding hydrogens is 220 g/mol. The number of methoxy groups -OCH3 is 1. The molecule has 1 aromatic carbocycles. The maximum Gasteiger partial charge on any atom is 0.254 e. The van der Waals surface area contributed by atoms with Gasteiger partial charge in [-0.2, -0.15) is 0 Å².